The lowest BCUT2D eigenvalue weighted by Crippen LogP contribution is -2.55. The molecule has 2 aromatic rings. The standard InChI is InChI=1S/C26H30F3N3O4S/c27-26(28,29)20-11-6-12-21(16-20)37(35,36)32-15-7-10-19(17-32)25(34)31-23-14-5-4-13-22(23)30-24(33)18-8-2-1-3-9-18/h1-3,6,8-9,11-12,16,19,22-23H,4-5,7,10,13-15,17H2,(H,30,33)(H,31,34)/t19-,22-,23-/m1/s1. The number of carbonyl (C=O) groups excluding carboxylic acids is 2. The van der Waals surface area contributed by atoms with Gasteiger partial charge in [-0.2, -0.15) is 17.5 Å². The number of halogens is 3. The highest BCUT2D eigenvalue weighted by atomic mass is 32.2. The zero-order chi connectivity index (χ0) is 26.6. The van der Waals surface area contributed by atoms with E-state index in [0.717, 1.165) is 35.3 Å². The van der Waals surface area contributed by atoms with Crippen molar-refractivity contribution in [2.75, 3.05) is 13.1 Å². The average molecular weight is 538 g/mol. The Morgan fingerprint density at radius 2 is 1.54 bits per heavy atom. The molecule has 0 bridgehead atoms. The maximum absolute atomic E-state index is 13.2. The Hall–Kier alpha value is -2.92. The van der Waals surface area contributed by atoms with E-state index >= 15 is 0 Å². The molecule has 200 valence electrons. The van der Waals surface area contributed by atoms with E-state index in [4.69, 9.17) is 0 Å². The first-order valence-corrected chi connectivity index (χ1v) is 13.8. The van der Waals surface area contributed by atoms with E-state index in [2.05, 4.69) is 10.6 Å². The lowest BCUT2D eigenvalue weighted by Gasteiger charge is -2.36. The van der Waals surface area contributed by atoms with E-state index in [9.17, 15) is 31.2 Å². The molecule has 2 amide bonds. The molecule has 0 aromatic heterocycles. The Morgan fingerprint density at radius 3 is 2.22 bits per heavy atom. The van der Waals surface area contributed by atoms with Gasteiger partial charge in [0.15, 0.2) is 0 Å². The van der Waals surface area contributed by atoms with Crippen molar-refractivity contribution in [2.24, 2.45) is 5.92 Å². The third kappa shape index (κ3) is 6.51. The van der Waals surface area contributed by atoms with Crippen LogP contribution in [0.3, 0.4) is 0 Å². The first-order chi connectivity index (χ1) is 17.6. The van der Waals surface area contributed by atoms with Crippen LogP contribution in [0.4, 0.5) is 13.2 Å². The van der Waals surface area contributed by atoms with E-state index in [1.807, 2.05) is 6.07 Å². The van der Waals surface area contributed by atoms with Gasteiger partial charge >= 0.3 is 6.18 Å². The van der Waals surface area contributed by atoms with Gasteiger partial charge in [-0.05, 0) is 56.0 Å². The molecule has 0 spiro atoms. The second-order valence-corrected chi connectivity index (χ2v) is 11.5. The monoisotopic (exact) mass is 537 g/mol. The Labute approximate surface area is 214 Å². The van der Waals surface area contributed by atoms with Crippen LogP contribution in [0.25, 0.3) is 0 Å². The Kier molecular flexibility index (Phi) is 8.23. The van der Waals surface area contributed by atoms with Crippen molar-refractivity contribution in [3.63, 3.8) is 0 Å². The molecule has 37 heavy (non-hydrogen) atoms. The predicted octanol–water partition coefficient (Wildman–Crippen LogP) is 3.96. The number of nitrogens with zero attached hydrogens (tertiary/aromatic N) is 1. The molecular formula is C26H30F3N3O4S. The summed E-state index contributed by atoms with van der Waals surface area (Å²) in [6.07, 6.45) is -0.581. The van der Waals surface area contributed by atoms with Gasteiger partial charge in [-0.25, -0.2) is 8.42 Å². The van der Waals surface area contributed by atoms with Crippen LogP contribution in [-0.2, 0) is 21.0 Å². The number of alkyl halides is 3. The third-order valence-electron chi connectivity index (χ3n) is 7.00. The Balaban J connectivity index is 1.42. The minimum atomic E-state index is -4.66. The quantitative estimate of drug-likeness (QED) is 0.583. The van der Waals surface area contributed by atoms with Gasteiger partial charge in [0.2, 0.25) is 15.9 Å². The molecule has 4 rings (SSSR count). The first-order valence-electron chi connectivity index (χ1n) is 12.4. The highest BCUT2D eigenvalue weighted by Gasteiger charge is 2.37. The van der Waals surface area contributed by atoms with Crippen LogP contribution >= 0.6 is 0 Å². The number of nitrogens with one attached hydrogen (secondary N) is 2. The zero-order valence-corrected chi connectivity index (χ0v) is 21.0. The van der Waals surface area contributed by atoms with Gasteiger partial charge in [-0.15, -0.1) is 0 Å². The van der Waals surface area contributed by atoms with E-state index in [1.165, 1.54) is 0 Å². The molecule has 2 aliphatic rings. The molecule has 3 atom stereocenters. The van der Waals surface area contributed by atoms with Crippen LogP contribution in [0.15, 0.2) is 59.5 Å². The maximum Gasteiger partial charge on any atom is 0.416 e. The van der Waals surface area contributed by atoms with Crippen molar-refractivity contribution >= 4 is 21.8 Å². The number of rotatable bonds is 6. The average Bonchev–Trinajstić information content (AvgIpc) is 2.90. The smallest absolute Gasteiger partial charge is 0.351 e. The van der Waals surface area contributed by atoms with Gasteiger partial charge in [0.25, 0.3) is 5.91 Å². The number of hydrogen-bond acceptors (Lipinski definition) is 4. The van der Waals surface area contributed by atoms with Gasteiger partial charge in [-0.1, -0.05) is 37.1 Å². The van der Waals surface area contributed by atoms with E-state index < -0.39 is 32.6 Å². The largest absolute Gasteiger partial charge is 0.416 e. The van der Waals surface area contributed by atoms with Crippen LogP contribution in [0, 0.1) is 5.92 Å². The van der Waals surface area contributed by atoms with Crippen LogP contribution in [0.2, 0.25) is 0 Å². The lowest BCUT2D eigenvalue weighted by molar-refractivity contribution is -0.137. The number of piperidine rings is 1. The normalized spacial score (nSPS) is 23.3. The van der Waals surface area contributed by atoms with Gasteiger partial charge in [0.05, 0.1) is 16.4 Å². The van der Waals surface area contributed by atoms with E-state index in [1.54, 1.807) is 24.3 Å². The number of carbonyl (C=O) groups is 2. The summed E-state index contributed by atoms with van der Waals surface area (Å²) in [6.45, 7) is 0.0136. The van der Waals surface area contributed by atoms with Crippen molar-refractivity contribution < 1.29 is 31.2 Å². The fourth-order valence-corrected chi connectivity index (χ4v) is 6.55. The summed E-state index contributed by atoms with van der Waals surface area (Å²) in [7, 11) is -4.21. The van der Waals surface area contributed by atoms with Crippen molar-refractivity contribution in [1.82, 2.24) is 14.9 Å². The molecule has 7 nitrogen and oxygen atoms in total. The molecule has 0 radical (unpaired) electrons. The molecule has 11 heteroatoms. The van der Waals surface area contributed by atoms with Gasteiger partial charge in [-0.3, -0.25) is 9.59 Å². The highest BCUT2D eigenvalue weighted by Crippen LogP contribution is 2.32. The topological polar surface area (TPSA) is 95.6 Å². The molecular weight excluding hydrogens is 507 g/mol. The summed E-state index contributed by atoms with van der Waals surface area (Å²) < 4.78 is 66.6. The second-order valence-electron chi connectivity index (χ2n) is 9.57. The van der Waals surface area contributed by atoms with Gasteiger partial charge in [0, 0.05) is 30.7 Å². The maximum atomic E-state index is 13.2. The van der Waals surface area contributed by atoms with Crippen molar-refractivity contribution in [3.8, 4) is 0 Å². The van der Waals surface area contributed by atoms with Crippen LogP contribution < -0.4 is 10.6 Å². The van der Waals surface area contributed by atoms with Gasteiger partial charge < -0.3 is 10.6 Å². The molecule has 1 saturated heterocycles. The summed E-state index contributed by atoms with van der Waals surface area (Å²) in [4.78, 5) is 25.4. The Morgan fingerprint density at radius 1 is 0.865 bits per heavy atom. The number of amides is 2. The van der Waals surface area contributed by atoms with Crippen LogP contribution in [0.5, 0.6) is 0 Å². The lowest BCUT2D eigenvalue weighted by atomic mass is 9.89. The number of benzene rings is 2. The number of sulfonamides is 1. The highest BCUT2D eigenvalue weighted by molar-refractivity contribution is 7.89. The molecule has 2 aromatic carbocycles. The molecule has 1 saturated carbocycles. The van der Waals surface area contributed by atoms with Crippen LogP contribution in [-0.4, -0.2) is 49.7 Å². The molecule has 1 heterocycles. The van der Waals surface area contributed by atoms with Crippen LogP contribution in [0.1, 0.15) is 54.4 Å². The van der Waals surface area contributed by atoms with E-state index in [-0.39, 0.29) is 37.0 Å². The molecule has 1 aliphatic heterocycles. The zero-order valence-electron chi connectivity index (χ0n) is 20.2. The van der Waals surface area contributed by atoms with Crippen molar-refractivity contribution in [1.29, 1.82) is 0 Å². The van der Waals surface area contributed by atoms with Gasteiger partial charge in [0.1, 0.15) is 0 Å². The van der Waals surface area contributed by atoms with Crippen molar-refractivity contribution in [3.05, 3.63) is 65.7 Å². The third-order valence-corrected chi connectivity index (χ3v) is 8.86. The minimum Gasteiger partial charge on any atom is -0.351 e. The van der Waals surface area contributed by atoms with Crippen molar-refractivity contribution in [2.45, 2.75) is 61.7 Å². The molecule has 2 fully saturated rings. The van der Waals surface area contributed by atoms with E-state index in [0.29, 0.717) is 37.3 Å². The summed E-state index contributed by atoms with van der Waals surface area (Å²) in [5.41, 5.74) is -0.512. The fraction of sp³-hybridized carbons (Fsp3) is 0.462. The second kappa shape index (κ2) is 11.2. The molecule has 2 N–H and O–H groups in total. The molecule has 0 unspecified atom stereocenters. The Bertz CT molecular complexity index is 1220. The molecule has 1 aliphatic carbocycles. The first kappa shape index (κ1) is 27.1. The summed E-state index contributed by atoms with van der Waals surface area (Å²) in [5.74, 6) is -1.17. The number of hydrogen-bond donors (Lipinski definition) is 2. The SMILES string of the molecule is O=C(N[C@@H]1CCCC[C@H]1NC(=O)[C@@H]1CCCN(S(=O)(=O)c2cccc(C(F)(F)F)c2)C1)c1ccccc1. The summed E-state index contributed by atoms with van der Waals surface area (Å²) in [5, 5.41) is 6.03. The summed E-state index contributed by atoms with van der Waals surface area (Å²) in [6, 6.07) is 11.9. The fourth-order valence-electron chi connectivity index (χ4n) is 4.97. The summed E-state index contributed by atoms with van der Waals surface area (Å²) >= 11 is 0. The minimum absolute atomic E-state index is 0.113. The predicted molar refractivity (Wildman–Crippen MR) is 131 cm³/mol.